The second-order valence-corrected chi connectivity index (χ2v) is 8.93. The van der Waals surface area contributed by atoms with E-state index in [9.17, 15) is 9.59 Å². The number of ether oxygens (including phenoxy) is 1. The molecule has 2 amide bonds. The predicted molar refractivity (Wildman–Crippen MR) is 127 cm³/mol. The van der Waals surface area contributed by atoms with Gasteiger partial charge in [0, 0.05) is 30.7 Å². The number of halogens is 1. The maximum atomic E-state index is 13.2. The minimum Gasteiger partial charge on any atom is -0.496 e. The molecule has 1 saturated heterocycles. The highest BCUT2D eigenvalue weighted by molar-refractivity contribution is 6.31. The zero-order valence-corrected chi connectivity index (χ0v) is 20.0. The molecule has 0 bridgehead atoms. The number of carbonyl (C=O) groups is 2. The van der Waals surface area contributed by atoms with E-state index >= 15 is 0 Å². The molecule has 7 heteroatoms. The smallest absolute Gasteiger partial charge is 0.258 e. The molecule has 0 spiro atoms. The van der Waals surface area contributed by atoms with E-state index in [1.165, 1.54) is 12.7 Å². The maximum absolute atomic E-state index is 13.2. The summed E-state index contributed by atoms with van der Waals surface area (Å²) >= 11 is 6.10. The number of nitrogens with one attached hydrogen (secondary N) is 1. The Kier molecular flexibility index (Phi) is 8.15. The van der Waals surface area contributed by atoms with E-state index in [0.29, 0.717) is 41.9 Å². The molecule has 32 heavy (non-hydrogen) atoms. The number of nitrogens with zero attached hydrogens (tertiary/aromatic N) is 2. The molecule has 1 aliphatic heterocycles. The summed E-state index contributed by atoms with van der Waals surface area (Å²) in [7, 11) is 3.61. The Morgan fingerprint density at radius 1 is 1.22 bits per heavy atom. The van der Waals surface area contributed by atoms with Crippen LogP contribution in [0.5, 0.6) is 5.75 Å². The quantitative estimate of drug-likeness (QED) is 0.648. The second-order valence-electron chi connectivity index (χ2n) is 8.50. The molecule has 1 heterocycles. The molecule has 0 radical (unpaired) electrons. The van der Waals surface area contributed by atoms with E-state index in [2.05, 4.69) is 37.2 Å². The van der Waals surface area contributed by atoms with E-state index in [1.807, 2.05) is 18.2 Å². The van der Waals surface area contributed by atoms with Crippen LogP contribution in [0.1, 0.15) is 48.2 Å². The summed E-state index contributed by atoms with van der Waals surface area (Å²) in [6, 6.07) is 13.0. The second kappa shape index (κ2) is 10.8. The number of hydrogen-bond donors (Lipinski definition) is 1. The van der Waals surface area contributed by atoms with Crippen LogP contribution in [0.15, 0.2) is 42.5 Å². The Hall–Kier alpha value is -2.57. The van der Waals surface area contributed by atoms with E-state index in [1.54, 1.807) is 23.1 Å². The van der Waals surface area contributed by atoms with Gasteiger partial charge >= 0.3 is 0 Å². The zero-order valence-electron chi connectivity index (χ0n) is 19.2. The maximum Gasteiger partial charge on any atom is 0.258 e. The molecule has 2 aromatic rings. The molecule has 3 rings (SSSR count). The summed E-state index contributed by atoms with van der Waals surface area (Å²) in [5.41, 5.74) is 2.65. The lowest BCUT2D eigenvalue weighted by Crippen LogP contribution is -2.45. The topological polar surface area (TPSA) is 61.9 Å². The van der Waals surface area contributed by atoms with Crippen molar-refractivity contribution in [1.82, 2.24) is 15.1 Å². The highest BCUT2D eigenvalue weighted by Gasteiger charge is 2.35. The Bertz CT molecular complexity index is 963. The van der Waals surface area contributed by atoms with E-state index < -0.39 is 6.04 Å². The predicted octanol–water partition coefficient (Wildman–Crippen LogP) is 4.11. The van der Waals surface area contributed by atoms with Crippen molar-refractivity contribution >= 4 is 23.4 Å². The first kappa shape index (κ1) is 24.1. The Labute approximate surface area is 195 Å². The molecule has 1 N–H and O–H groups in total. The molecule has 0 saturated carbocycles. The highest BCUT2D eigenvalue weighted by Crippen LogP contribution is 2.28. The van der Waals surface area contributed by atoms with Gasteiger partial charge in [-0.1, -0.05) is 35.9 Å². The monoisotopic (exact) mass is 457 g/mol. The summed E-state index contributed by atoms with van der Waals surface area (Å²) in [6.07, 6.45) is 1.42. The number of hydrogen-bond acceptors (Lipinski definition) is 4. The molecule has 2 aromatic carbocycles. The van der Waals surface area contributed by atoms with Gasteiger partial charge in [0.25, 0.3) is 5.91 Å². The van der Waals surface area contributed by atoms with Crippen LogP contribution in [0.3, 0.4) is 0 Å². The number of carbonyl (C=O) groups excluding carboxylic acids is 2. The Morgan fingerprint density at radius 2 is 1.94 bits per heavy atom. The molecule has 1 fully saturated rings. The van der Waals surface area contributed by atoms with E-state index in [-0.39, 0.29) is 11.8 Å². The average molecular weight is 458 g/mol. The first-order valence-corrected chi connectivity index (χ1v) is 11.4. The molecule has 0 aliphatic carbocycles. The molecule has 172 valence electrons. The van der Waals surface area contributed by atoms with Crippen LogP contribution in [0.4, 0.5) is 0 Å². The van der Waals surface area contributed by atoms with Crippen LogP contribution in [0, 0.1) is 0 Å². The number of rotatable bonds is 8. The highest BCUT2D eigenvalue weighted by atomic mass is 35.5. The summed E-state index contributed by atoms with van der Waals surface area (Å²) in [6.45, 7) is 6.09. The van der Waals surface area contributed by atoms with Crippen molar-refractivity contribution in [3.05, 3.63) is 64.2 Å². The van der Waals surface area contributed by atoms with Crippen molar-refractivity contribution in [1.29, 1.82) is 0 Å². The third kappa shape index (κ3) is 5.61. The number of likely N-dealkylation sites (tertiary alicyclic amines) is 1. The van der Waals surface area contributed by atoms with Gasteiger partial charge in [-0.3, -0.25) is 14.5 Å². The number of amides is 2. The lowest BCUT2D eigenvalue weighted by molar-refractivity contribution is -0.125. The van der Waals surface area contributed by atoms with Gasteiger partial charge < -0.3 is 15.0 Å². The molecular weight excluding hydrogens is 426 g/mol. The Morgan fingerprint density at radius 3 is 2.62 bits per heavy atom. The van der Waals surface area contributed by atoms with Crippen molar-refractivity contribution in [2.24, 2.45) is 0 Å². The third-order valence-corrected chi connectivity index (χ3v) is 6.32. The summed E-state index contributed by atoms with van der Waals surface area (Å²) in [5.74, 6) is 0.0819. The van der Waals surface area contributed by atoms with Crippen LogP contribution < -0.4 is 10.1 Å². The van der Waals surface area contributed by atoms with Gasteiger partial charge in [-0.15, -0.1) is 0 Å². The number of methoxy groups -OCH3 is 1. The third-order valence-electron chi connectivity index (χ3n) is 6.08. The summed E-state index contributed by atoms with van der Waals surface area (Å²) < 4.78 is 5.33. The van der Waals surface area contributed by atoms with Crippen LogP contribution in [0.25, 0.3) is 0 Å². The van der Waals surface area contributed by atoms with Gasteiger partial charge in [-0.2, -0.15) is 0 Å². The van der Waals surface area contributed by atoms with Crippen LogP contribution in [-0.2, 0) is 17.9 Å². The van der Waals surface area contributed by atoms with Crippen LogP contribution in [0.2, 0.25) is 5.02 Å². The molecule has 0 unspecified atom stereocenters. The lowest BCUT2D eigenvalue weighted by atomic mass is 10.1. The van der Waals surface area contributed by atoms with Crippen molar-refractivity contribution < 1.29 is 14.3 Å². The fourth-order valence-electron chi connectivity index (χ4n) is 3.92. The summed E-state index contributed by atoms with van der Waals surface area (Å²) in [5, 5.41) is 3.51. The fraction of sp³-hybridized carbons (Fsp3) is 0.440. The standard InChI is InChI=1S/C25H32ClN3O3/c1-17(2)28(3)16-19-9-6-5-8-18(19)15-27-24(30)22-10-7-13-29(22)25(31)21-14-20(26)11-12-23(21)32-4/h5-6,8-9,11-12,14,17,22H,7,10,13,15-16H2,1-4H3,(H,27,30)/t22-/m1/s1. The lowest BCUT2D eigenvalue weighted by Gasteiger charge is -2.25. The van der Waals surface area contributed by atoms with Crippen molar-refractivity contribution in [3.63, 3.8) is 0 Å². The summed E-state index contributed by atoms with van der Waals surface area (Å²) in [4.78, 5) is 30.2. The molecule has 0 aromatic heterocycles. The molecule has 1 atom stereocenters. The van der Waals surface area contributed by atoms with Gasteiger partial charge in [0.15, 0.2) is 0 Å². The van der Waals surface area contributed by atoms with Gasteiger partial charge in [-0.05, 0) is 63.1 Å². The van der Waals surface area contributed by atoms with Crippen LogP contribution in [-0.4, -0.2) is 54.4 Å². The zero-order chi connectivity index (χ0) is 23.3. The number of benzene rings is 2. The SMILES string of the molecule is COc1ccc(Cl)cc1C(=O)N1CCC[C@@H]1C(=O)NCc1ccccc1CN(C)C(C)C. The molecule has 6 nitrogen and oxygen atoms in total. The van der Waals surface area contributed by atoms with Gasteiger partial charge in [0.1, 0.15) is 11.8 Å². The van der Waals surface area contributed by atoms with E-state index in [4.69, 9.17) is 16.3 Å². The molecule has 1 aliphatic rings. The van der Waals surface area contributed by atoms with Crippen molar-refractivity contribution in [2.45, 2.75) is 51.9 Å². The van der Waals surface area contributed by atoms with Crippen molar-refractivity contribution in [3.8, 4) is 5.75 Å². The minimum absolute atomic E-state index is 0.135. The minimum atomic E-state index is -0.503. The van der Waals surface area contributed by atoms with Gasteiger partial charge in [-0.25, -0.2) is 0 Å². The largest absolute Gasteiger partial charge is 0.496 e. The molecular formula is C25H32ClN3O3. The Balaban J connectivity index is 1.70. The first-order valence-electron chi connectivity index (χ1n) is 11.0. The van der Waals surface area contributed by atoms with E-state index in [0.717, 1.165) is 18.5 Å². The fourth-order valence-corrected chi connectivity index (χ4v) is 4.09. The van der Waals surface area contributed by atoms with Crippen LogP contribution >= 0.6 is 11.6 Å². The van der Waals surface area contributed by atoms with Gasteiger partial charge in [0.05, 0.1) is 12.7 Å². The normalized spacial score (nSPS) is 16.0. The first-order chi connectivity index (χ1) is 15.3. The van der Waals surface area contributed by atoms with Crippen molar-refractivity contribution in [2.75, 3.05) is 20.7 Å². The average Bonchev–Trinajstić information content (AvgIpc) is 3.27. The van der Waals surface area contributed by atoms with Gasteiger partial charge in [0.2, 0.25) is 5.91 Å².